The van der Waals surface area contributed by atoms with Crippen LogP contribution in [0.3, 0.4) is 0 Å². The van der Waals surface area contributed by atoms with E-state index in [9.17, 15) is 0 Å². The lowest BCUT2D eigenvalue weighted by atomic mass is 9.83. The third kappa shape index (κ3) is 2.45. The molecule has 1 aromatic heterocycles. The molecule has 3 rings (SSSR count). The highest BCUT2D eigenvalue weighted by molar-refractivity contribution is 5.63. The summed E-state index contributed by atoms with van der Waals surface area (Å²) in [6.45, 7) is 2.94. The van der Waals surface area contributed by atoms with Gasteiger partial charge in [0.25, 0.3) is 0 Å². The summed E-state index contributed by atoms with van der Waals surface area (Å²) in [5.74, 6) is 1.71. The first-order valence-electron chi connectivity index (χ1n) is 6.86. The van der Waals surface area contributed by atoms with Crippen LogP contribution in [0.2, 0.25) is 0 Å². The second-order valence-corrected chi connectivity index (χ2v) is 5.39. The lowest BCUT2D eigenvalue weighted by Gasteiger charge is -2.25. The summed E-state index contributed by atoms with van der Waals surface area (Å²) in [4.78, 5) is 0. The second kappa shape index (κ2) is 4.99. The van der Waals surface area contributed by atoms with Crippen molar-refractivity contribution in [2.45, 2.75) is 39.2 Å². The standard InChI is InChI=1S/C14H19N5/c1-10-9-12(15)5-6-13(10)14-16-17-18-19(14)8-7-11-3-2-4-11/h5-6,9,11H,2-4,7-8,15H2,1H3. The largest absolute Gasteiger partial charge is 0.399 e. The van der Waals surface area contributed by atoms with Gasteiger partial charge < -0.3 is 5.73 Å². The van der Waals surface area contributed by atoms with E-state index < -0.39 is 0 Å². The minimum Gasteiger partial charge on any atom is -0.399 e. The normalized spacial score (nSPS) is 15.4. The fourth-order valence-corrected chi connectivity index (χ4v) is 2.57. The molecule has 2 aromatic rings. The summed E-state index contributed by atoms with van der Waals surface area (Å²) in [7, 11) is 0. The van der Waals surface area contributed by atoms with Gasteiger partial charge in [-0.1, -0.05) is 19.3 Å². The van der Waals surface area contributed by atoms with Crippen LogP contribution in [0.5, 0.6) is 0 Å². The number of aryl methyl sites for hydroxylation is 2. The molecule has 2 N–H and O–H groups in total. The highest BCUT2D eigenvalue weighted by Crippen LogP contribution is 2.30. The Morgan fingerprint density at radius 3 is 2.89 bits per heavy atom. The summed E-state index contributed by atoms with van der Waals surface area (Å²) in [6, 6.07) is 5.85. The van der Waals surface area contributed by atoms with Gasteiger partial charge in [0.1, 0.15) is 0 Å². The summed E-state index contributed by atoms with van der Waals surface area (Å²) in [6.07, 6.45) is 5.27. The smallest absolute Gasteiger partial charge is 0.182 e. The zero-order valence-electron chi connectivity index (χ0n) is 11.2. The Kier molecular flexibility index (Phi) is 3.19. The topological polar surface area (TPSA) is 69.6 Å². The lowest BCUT2D eigenvalue weighted by molar-refractivity contribution is 0.277. The zero-order valence-corrected chi connectivity index (χ0v) is 11.2. The highest BCUT2D eigenvalue weighted by Gasteiger charge is 2.18. The van der Waals surface area contributed by atoms with Gasteiger partial charge in [0, 0.05) is 17.8 Å². The Morgan fingerprint density at radius 1 is 1.37 bits per heavy atom. The van der Waals surface area contributed by atoms with Crippen molar-refractivity contribution in [2.24, 2.45) is 5.92 Å². The van der Waals surface area contributed by atoms with Gasteiger partial charge >= 0.3 is 0 Å². The molecule has 0 spiro atoms. The average molecular weight is 257 g/mol. The summed E-state index contributed by atoms with van der Waals surface area (Å²) in [5.41, 5.74) is 8.73. The molecule has 1 aromatic carbocycles. The summed E-state index contributed by atoms with van der Waals surface area (Å²) in [5, 5.41) is 12.1. The molecule has 1 aliphatic carbocycles. The predicted molar refractivity (Wildman–Crippen MR) is 74.4 cm³/mol. The van der Waals surface area contributed by atoms with E-state index in [1.807, 2.05) is 29.8 Å². The van der Waals surface area contributed by atoms with Crippen molar-refractivity contribution in [3.05, 3.63) is 23.8 Å². The molecule has 1 heterocycles. The van der Waals surface area contributed by atoms with Gasteiger partial charge in [0.05, 0.1) is 0 Å². The first-order chi connectivity index (χ1) is 9.24. The van der Waals surface area contributed by atoms with Gasteiger partial charge in [0.2, 0.25) is 0 Å². The summed E-state index contributed by atoms with van der Waals surface area (Å²) >= 11 is 0. The first kappa shape index (κ1) is 12.1. The van der Waals surface area contributed by atoms with Gasteiger partial charge in [-0.15, -0.1) is 5.10 Å². The van der Waals surface area contributed by atoms with Gasteiger partial charge in [-0.25, -0.2) is 4.68 Å². The average Bonchev–Trinajstić information content (AvgIpc) is 2.75. The van der Waals surface area contributed by atoms with Crippen molar-refractivity contribution in [1.29, 1.82) is 0 Å². The van der Waals surface area contributed by atoms with Crippen LogP contribution in [-0.2, 0) is 6.54 Å². The molecule has 1 fully saturated rings. The van der Waals surface area contributed by atoms with Crippen LogP contribution in [0, 0.1) is 12.8 Å². The fraction of sp³-hybridized carbons (Fsp3) is 0.500. The molecule has 0 aliphatic heterocycles. The molecule has 0 bridgehead atoms. The number of aromatic nitrogens is 4. The predicted octanol–water partition coefficient (Wildman–Crippen LogP) is 2.42. The molecule has 100 valence electrons. The number of nitrogens with two attached hydrogens (primary N) is 1. The number of anilines is 1. The van der Waals surface area contributed by atoms with Crippen LogP contribution in [0.4, 0.5) is 5.69 Å². The fourth-order valence-electron chi connectivity index (χ4n) is 2.57. The molecule has 1 aliphatic rings. The van der Waals surface area contributed by atoms with Gasteiger partial charge in [-0.05, 0) is 53.5 Å². The molecular formula is C14H19N5. The van der Waals surface area contributed by atoms with E-state index in [2.05, 4.69) is 15.5 Å². The van der Waals surface area contributed by atoms with E-state index in [4.69, 9.17) is 5.73 Å². The molecule has 0 amide bonds. The van der Waals surface area contributed by atoms with Crippen molar-refractivity contribution in [3.8, 4) is 11.4 Å². The molecule has 5 heteroatoms. The monoisotopic (exact) mass is 257 g/mol. The maximum Gasteiger partial charge on any atom is 0.182 e. The lowest BCUT2D eigenvalue weighted by Crippen LogP contribution is -2.15. The Balaban J connectivity index is 1.81. The van der Waals surface area contributed by atoms with Gasteiger partial charge in [-0.2, -0.15) is 0 Å². The van der Waals surface area contributed by atoms with Crippen LogP contribution in [0.15, 0.2) is 18.2 Å². The number of tetrazole rings is 1. The highest BCUT2D eigenvalue weighted by atomic mass is 15.5. The minimum atomic E-state index is 0.773. The molecule has 0 radical (unpaired) electrons. The first-order valence-corrected chi connectivity index (χ1v) is 6.86. The van der Waals surface area contributed by atoms with E-state index >= 15 is 0 Å². The van der Waals surface area contributed by atoms with E-state index in [-0.39, 0.29) is 0 Å². The van der Waals surface area contributed by atoms with Crippen LogP contribution in [0.1, 0.15) is 31.2 Å². The number of nitrogens with zero attached hydrogens (tertiary/aromatic N) is 4. The maximum atomic E-state index is 5.78. The van der Waals surface area contributed by atoms with Crippen LogP contribution in [-0.4, -0.2) is 20.2 Å². The third-order valence-corrected chi connectivity index (χ3v) is 4.00. The molecule has 5 nitrogen and oxygen atoms in total. The van der Waals surface area contributed by atoms with E-state index in [0.29, 0.717) is 0 Å². The van der Waals surface area contributed by atoms with Crippen LogP contribution in [0.25, 0.3) is 11.4 Å². The zero-order chi connectivity index (χ0) is 13.2. The number of rotatable bonds is 4. The van der Waals surface area contributed by atoms with Crippen LogP contribution >= 0.6 is 0 Å². The number of hydrogen-bond acceptors (Lipinski definition) is 4. The quantitative estimate of drug-likeness (QED) is 0.854. The van der Waals surface area contributed by atoms with Gasteiger partial charge in [-0.3, -0.25) is 0 Å². The molecule has 0 unspecified atom stereocenters. The van der Waals surface area contributed by atoms with Crippen molar-refractivity contribution in [1.82, 2.24) is 20.2 Å². The minimum absolute atomic E-state index is 0.773. The Hall–Kier alpha value is -1.91. The van der Waals surface area contributed by atoms with Crippen molar-refractivity contribution in [3.63, 3.8) is 0 Å². The van der Waals surface area contributed by atoms with Gasteiger partial charge in [0.15, 0.2) is 5.82 Å². The Bertz CT molecular complexity index is 571. The SMILES string of the molecule is Cc1cc(N)ccc1-c1nnnn1CCC1CCC1. The van der Waals surface area contributed by atoms with E-state index in [1.165, 1.54) is 25.7 Å². The number of benzene rings is 1. The second-order valence-electron chi connectivity index (χ2n) is 5.39. The van der Waals surface area contributed by atoms with Crippen molar-refractivity contribution >= 4 is 5.69 Å². The number of nitrogen functional groups attached to an aromatic ring is 1. The summed E-state index contributed by atoms with van der Waals surface area (Å²) < 4.78 is 1.91. The molecule has 19 heavy (non-hydrogen) atoms. The Labute approximate surface area is 112 Å². The molecule has 0 atom stereocenters. The number of hydrogen-bond donors (Lipinski definition) is 1. The maximum absolute atomic E-state index is 5.78. The molecule has 0 saturated heterocycles. The Morgan fingerprint density at radius 2 is 2.21 bits per heavy atom. The third-order valence-electron chi connectivity index (χ3n) is 4.00. The van der Waals surface area contributed by atoms with E-state index in [1.54, 1.807) is 0 Å². The van der Waals surface area contributed by atoms with Crippen molar-refractivity contribution in [2.75, 3.05) is 5.73 Å². The van der Waals surface area contributed by atoms with Crippen LogP contribution < -0.4 is 5.73 Å². The van der Waals surface area contributed by atoms with E-state index in [0.717, 1.165) is 35.1 Å². The molecular weight excluding hydrogens is 238 g/mol. The molecule has 1 saturated carbocycles. The van der Waals surface area contributed by atoms with Crippen molar-refractivity contribution < 1.29 is 0 Å².